The number of hydrazine groups is 1. The number of ether oxygens (including phenoxy) is 4. The van der Waals surface area contributed by atoms with Crippen molar-refractivity contribution in [3.8, 4) is 22.8 Å². The predicted octanol–water partition coefficient (Wildman–Crippen LogP) is 5.77. The first-order valence-corrected chi connectivity index (χ1v) is 17.9. The zero-order valence-corrected chi connectivity index (χ0v) is 30.3. The molecule has 0 bridgehead atoms. The molecule has 1 aliphatic carbocycles. The van der Waals surface area contributed by atoms with Gasteiger partial charge in [0.1, 0.15) is 34.8 Å². The number of aromatic nitrogens is 1. The summed E-state index contributed by atoms with van der Waals surface area (Å²) in [6.07, 6.45) is 5.02. The first kappa shape index (κ1) is 36.5. The summed E-state index contributed by atoms with van der Waals surface area (Å²) in [4.78, 5) is 61.1. The maximum Gasteiger partial charge on any atom is 0.426 e. The summed E-state index contributed by atoms with van der Waals surface area (Å²) in [7, 11) is 1.59. The Balaban J connectivity index is 1.35. The zero-order chi connectivity index (χ0) is 37.0. The summed E-state index contributed by atoms with van der Waals surface area (Å²) in [5.74, 6) is -0.0788. The highest BCUT2D eigenvalue weighted by Gasteiger charge is 2.62. The van der Waals surface area contributed by atoms with E-state index in [2.05, 4.69) is 10.7 Å². The molecular formula is C39H47N5O8. The number of hydrogen-bond donors (Lipinski definition) is 2. The third kappa shape index (κ3) is 8.08. The Morgan fingerprint density at radius 1 is 1.08 bits per heavy atom. The fraction of sp³-hybridized carbons (Fsp3) is 0.462. The molecule has 13 nitrogen and oxygen atoms in total. The summed E-state index contributed by atoms with van der Waals surface area (Å²) >= 11 is 0. The van der Waals surface area contributed by atoms with Gasteiger partial charge in [0, 0.05) is 42.0 Å². The van der Waals surface area contributed by atoms with Crippen LogP contribution >= 0.6 is 0 Å². The topological polar surface area (TPSA) is 149 Å². The van der Waals surface area contributed by atoms with E-state index in [1.807, 2.05) is 66.7 Å². The highest BCUT2D eigenvalue weighted by atomic mass is 16.6. The van der Waals surface area contributed by atoms with Crippen LogP contribution in [0, 0.1) is 5.92 Å². The van der Waals surface area contributed by atoms with Crippen LogP contribution < -0.4 is 20.2 Å². The second-order valence-electron chi connectivity index (χ2n) is 14.4. The molecule has 3 aliphatic rings. The number of methoxy groups -OCH3 is 1. The van der Waals surface area contributed by atoms with E-state index in [1.165, 1.54) is 9.91 Å². The smallest absolute Gasteiger partial charge is 0.426 e. The van der Waals surface area contributed by atoms with Crippen molar-refractivity contribution in [3.63, 3.8) is 0 Å². The molecule has 4 atom stereocenters. The lowest BCUT2D eigenvalue weighted by molar-refractivity contribution is -0.149. The Labute approximate surface area is 303 Å². The van der Waals surface area contributed by atoms with Crippen LogP contribution in [0.5, 0.6) is 11.5 Å². The van der Waals surface area contributed by atoms with Gasteiger partial charge in [-0.25, -0.2) is 29.8 Å². The Morgan fingerprint density at radius 2 is 1.87 bits per heavy atom. The average Bonchev–Trinajstić information content (AvgIpc) is 3.64. The van der Waals surface area contributed by atoms with Gasteiger partial charge in [0.05, 0.1) is 31.5 Å². The number of nitrogens with one attached hydrogen (secondary N) is 2. The quantitative estimate of drug-likeness (QED) is 0.230. The van der Waals surface area contributed by atoms with Crippen molar-refractivity contribution in [2.45, 2.75) is 83.1 Å². The molecule has 0 radical (unpaired) electrons. The third-order valence-corrected chi connectivity index (χ3v) is 9.38. The summed E-state index contributed by atoms with van der Waals surface area (Å²) in [6, 6.07) is 15.5. The maximum absolute atomic E-state index is 14.4. The molecule has 0 spiro atoms. The molecule has 13 heteroatoms. The molecule has 2 aromatic carbocycles. The Hall–Kier alpha value is -5.33. The van der Waals surface area contributed by atoms with Gasteiger partial charge in [0.15, 0.2) is 0 Å². The molecule has 1 saturated heterocycles. The number of hydrogen-bond acceptors (Lipinski definition) is 9. The molecule has 3 aromatic rings. The van der Waals surface area contributed by atoms with Crippen molar-refractivity contribution in [3.05, 3.63) is 66.7 Å². The van der Waals surface area contributed by atoms with Crippen LogP contribution in [0.15, 0.2) is 66.7 Å². The van der Waals surface area contributed by atoms with Gasteiger partial charge in [-0.1, -0.05) is 42.5 Å². The number of pyridine rings is 1. The van der Waals surface area contributed by atoms with Gasteiger partial charge in [-0.3, -0.25) is 4.79 Å². The van der Waals surface area contributed by atoms with Gasteiger partial charge < -0.3 is 29.2 Å². The number of urea groups is 1. The number of carbonyl (C=O) groups excluding carboxylic acids is 4. The summed E-state index contributed by atoms with van der Waals surface area (Å²) in [5, 5.41) is 4.90. The molecule has 52 heavy (non-hydrogen) atoms. The number of amides is 4. The molecule has 4 unspecified atom stereocenters. The van der Waals surface area contributed by atoms with E-state index in [0.29, 0.717) is 42.0 Å². The van der Waals surface area contributed by atoms with Crippen molar-refractivity contribution in [1.29, 1.82) is 0 Å². The largest absolute Gasteiger partial charge is 0.497 e. The van der Waals surface area contributed by atoms with E-state index in [4.69, 9.17) is 23.9 Å². The van der Waals surface area contributed by atoms with Gasteiger partial charge in [0.25, 0.3) is 0 Å². The van der Waals surface area contributed by atoms with Crippen LogP contribution in [0.4, 0.5) is 9.59 Å². The lowest BCUT2D eigenvalue weighted by atomic mass is 10.1. The minimum absolute atomic E-state index is 0.0276. The number of rotatable bonds is 7. The summed E-state index contributed by atoms with van der Waals surface area (Å²) < 4.78 is 23.0. The average molecular weight is 714 g/mol. The van der Waals surface area contributed by atoms with E-state index in [9.17, 15) is 19.2 Å². The molecule has 2 aliphatic heterocycles. The maximum atomic E-state index is 14.4. The number of carbonyl (C=O) groups is 4. The molecule has 4 amide bonds. The van der Waals surface area contributed by atoms with Crippen molar-refractivity contribution in [1.82, 2.24) is 25.6 Å². The molecule has 1 saturated carbocycles. The third-order valence-electron chi connectivity index (χ3n) is 9.38. The van der Waals surface area contributed by atoms with Crippen LogP contribution in [0.2, 0.25) is 0 Å². The molecule has 3 heterocycles. The van der Waals surface area contributed by atoms with Crippen molar-refractivity contribution in [2.75, 3.05) is 26.8 Å². The van der Waals surface area contributed by atoms with Gasteiger partial charge in [0.2, 0.25) is 5.91 Å². The number of fused-ring (bicyclic) bond motifs is 3. The van der Waals surface area contributed by atoms with Crippen LogP contribution in [0.25, 0.3) is 22.2 Å². The normalized spacial score (nSPS) is 24.1. The molecule has 2 N–H and O–H groups in total. The fourth-order valence-electron chi connectivity index (χ4n) is 6.75. The van der Waals surface area contributed by atoms with Crippen LogP contribution in [0.3, 0.4) is 0 Å². The van der Waals surface area contributed by atoms with E-state index in [-0.39, 0.29) is 32.0 Å². The fourth-order valence-corrected chi connectivity index (χ4v) is 6.75. The monoisotopic (exact) mass is 713 g/mol. The van der Waals surface area contributed by atoms with E-state index in [0.717, 1.165) is 17.4 Å². The van der Waals surface area contributed by atoms with Gasteiger partial charge in [-0.05, 0) is 65.5 Å². The summed E-state index contributed by atoms with van der Waals surface area (Å²) in [6.45, 7) is 7.31. The second kappa shape index (κ2) is 15.1. The Bertz CT molecular complexity index is 1840. The minimum atomic E-state index is -1.22. The highest BCUT2D eigenvalue weighted by Crippen LogP contribution is 2.46. The molecular weight excluding hydrogens is 666 g/mol. The van der Waals surface area contributed by atoms with Crippen molar-refractivity contribution < 1.29 is 38.1 Å². The van der Waals surface area contributed by atoms with Gasteiger partial charge in [-0.15, -0.1) is 0 Å². The number of nitrogens with zero attached hydrogens (tertiary/aromatic N) is 3. The summed E-state index contributed by atoms with van der Waals surface area (Å²) in [5.41, 5.74) is 2.81. The van der Waals surface area contributed by atoms with E-state index < -0.39 is 47.3 Å². The Kier molecular flexibility index (Phi) is 10.6. The predicted molar refractivity (Wildman–Crippen MR) is 193 cm³/mol. The second-order valence-corrected chi connectivity index (χ2v) is 14.4. The van der Waals surface area contributed by atoms with Crippen LogP contribution in [-0.4, -0.2) is 89.0 Å². The van der Waals surface area contributed by atoms with E-state index in [1.54, 1.807) is 34.8 Å². The highest BCUT2D eigenvalue weighted by molar-refractivity contribution is 5.95. The standard InChI is InChI=1S/C39H47N5O8/c1-6-50-35(46)39-23-26(39)16-12-7-8-13-19-44(42-36(47)52-38(2,3)4)37(48)43-24-28(21-32(43)34(45)41-39)51-33-22-30(25-14-10-9-11-15-25)40-31-20-27(49-5)17-18-29(31)33/h9-12,14-18,20,22,26,28,32H,6-8,13,19,21,23-24H2,1-5H3,(H,41,45)(H,42,47)/b16-12-. The van der Waals surface area contributed by atoms with Crippen LogP contribution in [0.1, 0.15) is 59.8 Å². The van der Waals surface area contributed by atoms with Crippen LogP contribution in [-0.2, 0) is 19.1 Å². The molecule has 6 rings (SSSR count). The Morgan fingerprint density at radius 3 is 2.60 bits per heavy atom. The zero-order valence-electron chi connectivity index (χ0n) is 30.3. The number of esters is 1. The molecule has 1 aromatic heterocycles. The van der Waals surface area contributed by atoms with E-state index >= 15 is 0 Å². The molecule has 2 fully saturated rings. The van der Waals surface area contributed by atoms with Crippen molar-refractivity contribution in [2.24, 2.45) is 5.92 Å². The lowest BCUT2D eigenvalue weighted by Crippen LogP contribution is -2.58. The molecule has 276 valence electrons. The first-order valence-electron chi connectivity index (χ1n) is 17.9. The number of allylic oxidation sites excluding steroid dienone is 1. The SMILES string of the molecule is CCOC(=O)C12CC1/C=C\CCCCN(NC(=O)OC(C)(C)C)C(=O)N1CC(Oc3cc(-c4ccccc4)nc4cc(OC)ccc34)CC1C(=O)N2. The lowest BCUT2D eigenvalue weighted by Gasteiger charge is -2.32. The van der Waals surface area contributed by atoms with Crippen molar-refractivity contribution >= 4 is 34.9 Å². The first-order chi connectivity index (χ1) is 24.9. The number of benzene rings is 2. The van der Waals surface area contributed by atoms with Gasteiger partial charge in [-0.2, -0.15) is 0 Å². The minimum Gasteiger partial charge on any atom is -0.497 e. The van der Waals surface area contributed by atoms with Gasteiger partial charge >= 0.3 is 18.1 Å².